The maximum Gasteiger partial charge on any atom is 0.162 e. The number of fused-ring (bicyclic) bond motifs is 1. The lowest BCUT2D eigenvalue weighted by atomic mass is 10.1. The van der Waals surface area contributed by atoms with Crippen LogP contribution in [0.3, 0.4) is 0 Å². The van der Waals surface area contributed by atoms with E-state index in [1.165, 1.54) is 17.7 Å². The zero-order chi connectivity index (χ0) is 14.4. The summed E-state index contributed by atoms with van der Waals surface area (Å²) in [7, 11) is 2.06. The summed E-state index contributed by atoms with van der Waals surface area (Å²) in [4.78, 5) is 1.26. The zero-order valence-corrected chi connectivity index (χ0v) is 13.5. The van der Waals surface area contributed by atoms with Crippen LogP contribution in [0, 0.1) is 0 Å². The Morgan fingerprint density at radius 1 is 1.20 bits per heavy atom. The first kappa shape index (κ1) is 15.5. The van der Waals surface area contributed by atoms with Crippen LogP contribution in [0.1, 0.15) is 33.1 Å². The Morgan fingerprint density at radius 2 is 1.95 bits per heavy atom. The first-order valence-electron chi connectivity index (χ1n) is 7.52. The van der Waals surface area contributed by atoms with E-state index >= 15 is 0 Å². The third kappa shape index (κ3) is 3.83. The van der Waals surface area contributed by atoms with E-state index in [0.717, 1.165) is 17.9 Å². The number of rotatable bonds is 7. The van der Waals surface area contributed by atoms with E-state index in [0.29, 0.717) is 24.5 Å². The van der Waals surface area contributed by atoms with Gasteiger partial charge < -0.3 is 14.8 Å². The SMILES string of the molecule is CCCC(NC)C(CC)Sc1ccc2c(c1)OCCO2. The van der Waals surface area contributed by atoms with Crippen molar-refractivity contribution in [1.29, 1.82) is 0 Å². The highest BCUT2D eigenvalue weighted by Gasteiger charge is 2.20. The van der Waals surface area contributed by atoms with E-state index in [1.54, 1.807) is 0 Å². The van der Waals surface area contributed by atoms with Gasteiger partial charge >= 0.3 is 0 Å². The quantitative estimate of drug-likeness (QED) is 0.777. The van der Waals surface area contributed by atoms with Crippen LogP contribution < -0.4 is 14.8 Å². The average molecular weight is 295 g/mol. The summed E-state index contributed by atoms with van der Waals surface area (Å²) >= 11 is 1.94. The largest absolute Gasteiger partial charge is 0.486 e. The number of hydrogen-bond donors (Lipinski definition) is 1. The number of nitrogens with one attached hydrogen (secondary N) is 1. The lowest BCUT2D eigenvalue weighted by Crippen LogP contribution is -2.35. The van der Waals surface area contributed by atoms with Crippen LogP contribution in [0.5, 0.6) is 11.5 Å². The van der Waals surface area contributed by atoms with Crippen molar-refractivity contribution in [3.8, 4) is 11.5 Å². The number of ether oxygens (including phenoxy) is 2. The Balaban J connectivity index is 2.06. The summed E-state index contributed by atoms with van der Waals surface area (Å²) in [6.45, 7) is 5.80. The smallest absolute Gasteiger partial charge is 0.162 e. The molecule has 1 heterocycles. The second-order valence-corrected chi connectivity index (χ2v) is 6.37. The van der Waals surface area contributed by atoms with Gasteiger partial charge in [-0.15, -0.1) is 11.8 Å². The Hall–Kier alpha value is -0.870. The summed E-state index contributed by atoms with van der Waals surface area (Å²) in [6.07, 6.45) is 3.58. The zero-order valence-electron chi connectivity index (χ0n) is 12.6. The van der Waals surface area contributed by atoms with Crippen molar-refractivity contribution < 1.29 is 9.47 Å². The van der Waals surface area contributed by atoms with E-state index in [-0.39, 0.29) is 0 Å². The molecule has 4 heteroatoms. The predicted octanol–water partition coefficient (Wildman–Crippen LogP) is 3.72. The molecule has 1 aliphatic heterocycles. The molecule has 2 unspecified atom stereocenters. The normalized spacial score (nSPS) is 16.8. The molecule has 1 N–H and O–H groups in total. The maximum absolute atomic E-state index is 5.66. The molecule has 0 amide bonds. The fraction of sp³-hybridized carbons (Fsp3) is 0.625. The first-order chi connectivity index (χ1) is 9.78. The minimum Gasteiger partial charge on any atom is -0.486 e. The van der Waals surface area contributed by atoms with Crippen molar-refractivity contribution >= 4 is 11.8 Å². The van der Waals surface area contributed by atoms with Gasteiger partial charge in [0, 0.05) is 16.2 Å². The molecular weight excluding hydrogens is 270 g/mol. The second-order valence-electron chi connectivity index (χ2n) is 5.05. The van der Waals surface area contributed by atoms with Gasteiger partial charge in [-0.2, -0.15) is 0 Å². The van der Waals surface area contributed by atoms with E-state index in [4.69, 9.17) is 9.47 Å². The lowest BCUT2D eigenvalue weighted by molar-refractivity contribution is 0.171. The molecule has 0 radical (unpaired) electrons. The van der Waals surface area contributed by atoms with Crippen molar-refractivity contribution in [2.24, 2.45) is 0 Å². The van der Waals surface area contributed by atoms with Crippen molar-refractivity contribution in [2.45, 2.75) is 49.3 Å². The molecule has 1 aliphatic rings. The van der Waals surface area contributed by atoms with Crippen LogP contribution in [0.2, 0.25) is 0 Å². The summed E-state index contributed by atoms with van der Waals surface area (Å²) in [6, 6.07) is 6.83. The highest BCUT2D eigenvalue weighted by Crippen LogP contribution is 2.37. The minimum absolute atomic E-state index is 0.559. The van der Waals surface area contributed by atoms with Crippen molar-refractivity contribution in [1.82, 2.24) is 5.32 Å². The van der Waals surface area contributed by atoms with Gasteiger partial charge in [0.25, 0.3) is 0 Å². The molecule has 0 aliphatic carbocycles. The lowest BCUT2D eigenvalue weighted by Gasteiger charge is -2.26. The van der Waals surface area contributed by atoms with Crippen molar-refractivity contribution in [2.75, 3.05) is 20.3 Å². The maximum atomic E-state index is 5.66. The highest BCUT2D eigenvalue weighted by molar-refractivity contribution is 8.00. The third-order valence-corrected chi connectivity index (χ3v) is 5.11. The molecule has 3 nitrogen and oxygen atoms in total. The van der Waals surface area contributed by atoms with Crippen LogP contribution in [-0.4, -0.2) is 31.6 Å². The van der Waals surface area contributed by atoms with Crippen LogP contribution >= 0.6 is 11.8 Å². The molecule has 1 aromatic carbocycles. The molecular formula is C16H25NO2S. The molecule has 112 valence electrons. The number of benzene rings is 1. The summed E-state index contributed by atoms with van der Waals surface area (Å²) in [5, 5.41) is 4.05. The summed E-state index contributed by atoms with van der Waals surface area (Å²) in [5.41, 5.74) is 0. The van der Waals surface area contributed by atoms with Gasteiger partial charge in [-0.05, 0) is 38.1 Å². The molecule has 2 atom stereocenters. The fourth-order valence-electron chi connectivity index (χ4n) is 2.55. The van der Waals surface area contributed by atoms with Crippen LogP contribution in [0.15, 0.2) is 23.1 Å². The number of hydrogen-bond acceptors (Lipinski definition) is 4. The Kier molecular flexibility index (Phi) is 6.05. The molecule has 0 aromatic heterocycles. The standard InChI is InChI=1S/C16H25NO2S/c1-4-6-13(17-3)16(5-2)20-12-7-8-14-15(11-12)19-10-9-18-14/h7-8,11,13,16-17H,4-6,9-10H2,1-3H3. The van der Waals surface area contributed by atoms with Crippen LogP contribution in [-0.2, 0) is 0 Å². The molecule has 0 bridgehead atoms. The highest BCUT2D eigenvalue weighted by atomic mass is 32.2. The van der Waals surface area contributed by atoms with Gasteiger partial charge in [0.05, 0.1) is 0 Å². The number of thioether (sulfide) groups is 1. The molecule has 2 rings (SSSR count). The van der Waals surface area contributed by atoms with Gasteiger partial charge in [0.2, 0.25) is 0 Å². The monoisotopic (exact) mass is 295 g/mol. The molecule has 0 saturated heterocycles. The van der Waals surface area contributed by atoms with E-state index < -0.39 is 0 Å². The van der Waals surface area contributed by atoms with Gasteiger partial charge in [-0.3, -0.25) is 0 Å². The second kappa shape index (κ2) is 7.79. The van der Waals surface area contributed by atoms with Gasteiger partial charge in [-0.25, -0.2) is 0 Å². The Labute approximate surface area is 126 Å². The molecule has 0 fully saturated rings. The van der Waals surface area contributed by atoms with Crippen LogP contribution in [0.25, 0.3) is 0 Å². The van der Waals surface area contributed by atoms with E-state index in [9.17, 15) is 0 Å². The van der Waals surface area contributed by atoms with E-state index in [1.807, 2.05) is 17.8 Å². The average Bonchev–Trinajstić information content (AvgIpc) is 2.50. The molecule has 1 aromatic rings. The van der Waals surface area contributed by atoms with Crippen LogP contribution in [0.4, 0.5) is 0 Å². The van der Waals surface area contributed by atoms with Gasteiger partial charge in [0.1, 0.15) is 13.2 Å². The first-order valence-corrected chi connectivity index (χ1v) is 8.40. The van der Waals surface area contributed by atoms with Crippen molar-refractivity contribution in [3.05, 3.63) is 18.2 Å². The molecule has 0 spiro atoms. The topological polar surface area (TPSA) is 30.5 Å². The third-order valence-electron chi connectivity index (χ3n) is 3.62. The molecule has 0 saturated carbocycles. The summed E-state index contributed by atoms with van der Waals surface area (Å²) in [5.74, 6) is 1.75. The van der Waals surface area contributed by atoms with Gasteiger partial charge in [0.15, 0.2) is 11.5 Å². The summed E-state index contributed by atoms with van der Waals surface area (Å²) < 4.78 is 11.2. The predicted molar refractivity (Wildman–Crippen MR) is 85.1 cm³/mol. The molecule has 20 heavy (non-hydrogen) atoms. The van der Waals surface area contributed by atoms with Gasteiger partial charge in [-0.1, -0.05) is 20.3 Å². The van der Waals surface area contributed by atoms with E-state index in [2.05, 4.69) is 38.3 Å². The fourth-order valence-corrected chi connectivity index (χ4v) is 3.82. The minimum atomic E-state index is 0.559. The van der Waals surface area contributed by atoms with Crippen molar-refractivity contribution in [3.63, 3.8) is 0 Å². The Bertz CT molecular complexity index is 425. The Morgan fingerprint density at radius 3 is 2.60 bits per heavy atom.